The lowest BCUT2D eigenvalue weighted by atomic mass is 10.3. The van der Waals surface area contributed by atoms with E-state index in [1.165, 1.54) is 0 Å². The Balaban J connectivity index is 2.67. The van der Waals surface area contributed by atoms with Gasteiger partial charge in [-0.2, -0.15) is 0 Å². The van der Waals surface area contributed by atoms with Crippen LogP contribution in [0, 0.1) is 0 Å². The van der Waals surface area contributed by atoms with Crippen LogP contribution in [0.3, 0.4) is 0 Å². The van der Waals surface area contributed by atoms with Crippen LogP contribution in [0.5, 0.6) is 0 Å². The normalized spacial score (nSPS) is 15.1. The Morgan fingerprint density at radius 2 is 2.29 bits per heavy atom. The summed E-state index contributed by atoms with van der Waals surface area (Å²) in [6.45, 7) is 2.01. The molecule has 0 aliphatic carbocycles. The molecule has 0 bridgehead atoms. The van der Waals surface area contributed by atoms with E-state index in [4.69, 9.17) is 10.8 Å². The van der Waals surface area contributed by atoms with Crippen LogP contribution < -0.4 is 5.73 Å². The quantitative estimate of drug-likeness (QED) is 0.829. The van der Waals surface area contributed by atoms with Crippen LogP contribution in [-0.2, 0) is 0 Å². The van der Waals surface area contributed by atoms with Crippen molar-refractivity contribution in [1.82, 2.24) is 0 Å². The van der Waals surface area contributed by atoms with E-state index in [1.54, 1.807) is 11.8 Å². The molecule has 78 valence electrons. The van der Waals surface area contributed by atoms with Crippen molar-refractivity contribution in [3.8, 4) is 0 Å². The molecular weight excluding hydrogens is 262 g/mol. The van der Waals surface area contributed by atoms with E-state index in [0.717, 1.165) is 9.37 Å². The second kappa shape index (κ2) is 5.75. The highest BCUT2D eigenvalue weighted by atomic mass is 79.9. The minimum atomic E-state index is -0.0102. The number of benzene rings is 1. The van der Waals surface area contributed by atoms with Crippen LogP contribution in [0.25, 0.3) is 0 Å². The summed E-state index contributed by atoms with van der Waals surface area (Å²) in [5.41, 5.74) is 5.74. The molecule has 1 aromatic carbocycles. The van der Waals surface area contributed by atoms with E-state index in [2.05, 4.69) is 15.9 Å². The van der Waals surface area contributed by atoms with Gasteiger partial charge in [-0.3, -0.25) is 0 Å². The number of hydrogen-bond donors (Lipinski definition) is 2. The molecule has 3 N–H and O–H groups in total. The van der Waals surface area contributed by atoms with Crippen LogP contribution in [0.2, 0.25) is 0 Å². The van der Waals surface area contributed by atoms with Crippen molar-refractivity contribution < 1.29 is 5.11 Å². The highest BCUT2D eigenvalue weighted by Gasteiger charge is 2.13. The van der Waals surface area contributed by atoms with Gasteiger partial charge in [0.2, 0.25) is 0 Å². The maximum Gasteiger partial charge on any atom is 0.0568 e. The van der Waals surface area contributed by atoms with E-state index in [9.17, 15) is 0 Å². The highest BCUT2D eigenvalue weighted by Crippen LogP contribution is 2.26. The van der Waals surface area contributed by atoms with Crippen molar-refractivity contribution in [1.29, 1.82) is 0 Å². The monoisotopic (exact) mass is 275 g/mol. The molecule has 0 aromatic heterocycles. The van der Waals surface area contributed by atoms with Gasteiger partial charge in [-0.25, -0.2) is 0 Å². The number of rotatable bonds is 4. The van der Waals surface area contributed by atoms with Gasteiger partial charge in [0.25, 0.3) is 0 Å². The molecule has 1 rings (SSSR count). The van der Waals surface area contributed by atoms with Crippen molar-refractivity contribution in [2.75, 3.05) is 6.61 Å². The summed E-state index contributed by atoms with van der Waals surface area (Å²) < 4.78 is 1.05. The standard InChI is InChI=1S/C10H14BrNOS/c1-7(12)10(6-13)14-9-4-2-3-8(11)5-9/h2-5,7,10,13H,6,12H2,1H3. The minimum Gasteiger partial charge on any atom is -0.395 e. The van der Waals surface area contributed by atoms with Crippen LogP contribution in [-0.4, -0.2) is 23.0 Å². The van der Waals surface area contributed by atoms with Gasteiger partial charge in [-0.15, -0.1) is 11.8 Å². The molecule has 2 unspecified atom stereocenters. The number of halogens is 1. The van der Waals surface area contributed by atoms with Gasteiger partial charge >= 0.3 is 0 Å². The van der Waals surface area contributed by atoms with Crippen molar-refractivity contribution in [3.63, 3.8) is 0 Å². The summed E-state index contributed by atoms with van der Waals surface area (Å²) in [6, 6.07) is 7.98. The first kappa shape index (κ1) is 12.0. The Morgan fingerprint density at radius 1 is 1.57 bits per heavy atom. The third-order valence-electron chi connectivity index (χ3n) is 1.85. The lowest BCUT2D eigenvalue weighted by Crippen LogP contribution is -2.31. The van der Waals surface area contributed by atoms with Crippen LogP contribution in [0.1, 0.15) is 6.92 Å². The number of hydrogen-bond acceptors (Lipinski definition) is 3. The van der Waals surface area contributed by atoms with E-state index >= 15 is 0 Å². The minimum absolute atomic E-state index is 0.0102. The van der Waals surface area contributed by atoms with Gasteiger partial charge in [0, 0.05) is 20.7 Å². The summed E-state index contributed by atoms with van der Waals surface area (Å²) in [7, 11) is 0. The van der Waals surface area contributed by atoms with Crippen LogP contribution in [0.15, 0.2) is 33.6 Å². The number of thioether (sulfide) groups is 1. The van der Waals surface area contributed by atoms with Crippen LogP contribution >= 0.6 is 27.7 Å². The van der Waals surface area contributed by atoms with Gasteiger partial charge < -0.3 is 10.8 Å². The molecule has 0 heterocycles. The topological polar surface area (TPSA) is 46.2 Å². The van der Waals surface area contributed by atoms with Gasteiger partial charge in [0.1, 0.15) is 0 Å². The first-order valence-electron chi connectivity index (χ1n) is 4.42. The lowest BCUT2D eigenvalue weighted by Gasteiger charge is -2.17. The van der Waals surface area contributed by atoms with Gasteiger partial charge in [0.05, 0.1) is 6.61 Å². The Hall–Kier alpha value is -0.0300. The smallest absolute Gasteiger partial charge is 0.0568 e. The van der Waals surface area contributed by atoms with Crippen LogP contribution in [0.4, 0.5) is 0 Å². The van der Waals surface area contributed by atoms with E-state index in [1.807, 2.05) is 31.2 Å². The molecule has 0 saturated carbocycles. The Morgan fingerprint density at radius 3 is 2.79 bits per heavy atom. The molecule has 0 aliphatic heterocycles. The zero-order valence-electron chi connectivity index (χ0n) is 7.98. The molecule has 0 radical (unpaired) electrons. The molecule has 0 fully saturated rings. The Kier molecular flexibility index (Phi) is 4.95. The fraction of sp³-hybridized carbons (Fsp3) is 0.400. The molecule has 0 aliphatic rings. The Bertz CT molecular complexity index is 293. The summed E-state index contributed by atoms with van der Waals surface area (Å²) >= 11 is 5.01. The van der Waals surface area contributed by atoms with Crippen molar-refractivity contribution in [3.05, 3.63) is 28.7 Å². The zero-order valence-corrected chi connectivity index (χ0v) is 10.4. The van der Waals surface area contributed by atoms with E-state index < -0.39 is 0 Å². The number of nitrogens with two attached hydrogens (primary N) is 1. The number of aliphatic hydroxyl groups is 1. The van der Waals surface area contributed by atoms with E-state index in [0.29, 0.717) is 0 Å². The second-order valence-electron chi connectivity index (χ2n) is 3.16. The second-order valence-corrected chi connectivity index (χ2v) is 5.38. The maximum absolute atomic E-state index is 9.11. The summed E-state index contributed by atoms with van der Waals surface area (Å²) in [5.74, 6) is 0. The molecule has 2 atom stereocenters. The highest BCUT2D eigenvalue weighted by molar-refractivity contribution is 9.10. The van der Waals surface area contributed by atoms with Gasteiger partial charge in [-0.05, 0) is 25.1 Å². The van der Waals surface area contributed by atoms with Gasteiger partial charge in [-0.1, -0.05) is 22.0 Å². The average Bonchev–Trinajstić information content (AvgIpc) is 2.14. The molecule has 0 amide bonds. The van der Waals surface area contributed by atoms with Crippen molar-refractivity contribution in [2.24, 2.45) is 5.73 Å². The predicted octanol–water partition coefficient (Wildman–Crippen LogP) is 2.25. The SMILES string of the molecule is CC(N)C(CO)Sc1cccc(Br)c1. The Labute approximate surface area is 97.0 Å². The largest absolute Gasteiger partial charge is 0.395 e. The maximum atomic E-state index is 9.11. The molecular formula is C10H14BrNOS. The molecule has 14 heavy (non-hydrogen) atoms. The summed E-state index contributed by atoms with van der Waals surface area (Å²) in [5, 5.41) is 9.17. The summed E-state index contributed by atoms with van der Waals surface area (Å²) in [6.07, 6.45) is 0. The molecule has 0 saturated heterocycles. The number of aliphatic hydroxyl groups excluding tert-OH is 1. The fourth-order valence-electron chi connectivity index (χ4n) is 1.03. The average molecular weight is 276 g/mol. The molecule has 1 aromatic rings. The van der Waals surface area contributed by atoms with Crippen molar-refractivity contribution >= 4 is 27.7 Å². The third-order valence-corrected chi connectivity index (χ3v) is 3.75. The molecule has 0 spiro atoms. The van der Waals surface area contributed by atoms with Gasteiger partial charge in [0.15, 0.2) is 0 Å². The van der Waals surface area contributed by atoms with E-state index in [-0.39, 0.29) is 17.9 Å². The first-order valence-corrected chi connectivity index (χ1v) is 6.09. The zero-order chi connectivity index (χ0) is 10.6. The van der Waals surface area contributed by atoms with Crippen molar-refractivity contribution in [2.45, 2.75) is 23.1 Å². The fourth-order valence-corrected chi connectivity index (χ4v) is 2.57. The summed E-state index contributed by atoms with van der Waals surface area (Å²) in [4.78, 5) is 1.12. The first-order chi connectivity index (χ1) is 6.63. The molecule has 4 heteroatoms. The lowest BCUT2D eigenvalue weighted by molar-refractivity contribution is 0.285. The predicted molar refractivity (Wildman–Crippen MR) is 64.5 cm³/mol. The third kappa shape index (κ3) is 3.61. The molecule has 2 nitrogen and oxygen atoms in total.